The first-order chi connectivity index (χ1) is 10.2. The van der Waals surface area contributed by atoms with Crippen LogP contribution in [0.3, 0.4) is 0 Å². The first kappa shape index (κ1) is 14.8. The van der Waals surface area contributed by atoms with E-state index in [4.69, 9.17) is 4.74 Å². The number of amides is 1. The van der Waals surface area contributed by atoms with Crippen LogP contribution >= 0.6 is 0 Å². The van der Waals surface area contributed by atoms with Crippen molar-refractivity contribution in [3.8, 4) is 5.75 Å². The maximum absolute atomic E-state index is 11.8. The van der Waals surface area contributed by atoms with E-state index in [9.17, 15) is 4.79 Å². The van der Waals surface area contributed by atoms with Gasteiger partial charge in [0.15, 0.2) is 0 Å². The number of nitrogens with zero attached hydrogens (tertiary/aromatic N) is 1. The lowest BCUT2D eigenvalue weighted by molar-refractivity contribution is -0.111. The molecule has 108 valence electrons. The molecule has 1 aromatic heterocycles. The Morgan fingerprint density at radius 2 is 2.00 bits per heavy atom. The van der Waals surface area contributed by atoms with Gasteiger partial charge in [0.25, 0.3) is 0 Å². The lowest BCUT2D eigenvalue weighted by Gasteiger charge is -2.03. The molecule has 2 aromatic rings. The monoisotopic (exact) mass is 282 g/mol. The minimum Gasteiger partial charge on any atom is -0.494 e. The van der Waals surface area contributed by atoms with Crippen molar-refractivity contribution in [2.45, 2.75) is 13.8 Å². The lowest BCUT2D eigenvalue weighted by atomic mass is 10.2. The smallest absolute Gasteiger partial charge is 0.249 e. The summed E-state index contributed by atoms with van der Waals surface area (Å²) in [6.07, 6.45) is 4.95. The van der Waals surface area contributed by atoms with Gasteiger partial charge >= 0.3 is 0 Å². The van der Waals surface area contributed by atoms with Crippen molar-refractivity contribution in [2.24, 2.45) is 0 Å². The van der Waals surface area contributed by atoms with E-state index >= 15 is 0 Å². The van der Waals surface area contributed by atoms with E-state index in [-0.39, 0.29) is 5.91 Å². The Labute approximate surface area is 124 Å². The van der Waals surface area contributed by atoms with Crippen molar-refractivity contribution in [3.63, 3.8) is 0 Å². The predicted octanol–water partition coefficient (Wildman–Crippen LogP) is 3.44. The molecule has 1 aromatic carbocycles. The number of carbonyl (C=O) groups excluding carboxylic acids is 1. The lowest BCUT2D eigenvalue weighted by Crippen LogP contribution is -2.08. The Hall–Kier alpha value is -2.62. The zero-order chi connectivity index (χ0) is 15.1. The van der Waals surface area contributed by atoms with Gasteiger partial charge in [-0.2, -0.15) is 0 Å². The largest absolute Gasteiger partial charge is 0.494 e. The number of rotatable bonds is 5. The van der Waals surface area contributed by atoms with Gasteiger partial charge in [-0.15, -0.1) is 0 Å². The molecule has 0 aliphatic rings. The van der Waals surface area contributed by atoms with Crippen LogP contribution in [0.15, 0.2) is 48.7 Å². The van der Waals surface area contributed by atoms with Gasteiger partial charge in [0.05, 0.1) is 6.61 Å². The third kappa shape index (κ3) is 4.76. The first-order valence-corrected chi connectivity index (χ1v) is 6.82. The highest BCUT2D eigenvalue weighted by atomic mass is 16.5. The second kappa shape index (κ2) is 7.24. The molecule has 1 heterocycles. The molecule has 21 heavy (non-hydrogen) atoms. The second-order valence-electron chi connectivity index (χ2n) is 4.55. The quantitative estimate of drug-likeness (QED) is 0.855. The number of hydrogen-bond acceptors (Lipinski definition) is 3. The molecule has 0 atom stereocenters. The van der Waals surface area contributed by atoms with Crippen molar-refractivity contribution >= 4 is 17.8 Å². The van der Waals surface area contributed by atoms with Crippen molar-refractivity contribution < 1.29 is 9.53 Å². The molecular weight excluding hydrogens is 264 g/mol. The van der Waals surface area contributed by atoms with Gasteiger partial charge in [-0.25, -0.2) is 4.98 Å². The van der Waals surface area contributed by atoms with Gasteiger partial charge in [0.2, 0.25) is 5.91 Å². The summed E-state index contributed by atoms with van der Waals surface area (Å²) in [5.74, 6) is 1.16. The fourth-order valence-corrected chi connectivity index (χ4v) is 1.72. The van der Waals surface area contributed by atoms with E-state index in [0.29, 0.717) is 12.4 Å². The summed E-state index contributed by atoms with van der Waals surface area (Å²) in [5.41, 5.74) is 1.99. The Bertz CT molecular complexity index is 616. The van der Waals surface area contributed by atoms with E-state index in [0.717, 1.165) is 16.9 Å². The summed E-state index contributed by atoms with van der Waals surface area (Å²) in [7, 11) is 0. The van der Waals surface area contributed by atoms with Gasteiger partial charge in [-0.1, -0.05) is 18.2 Å². The zero-order valence-electron chi connectivity index (χ0n) is 12.2. The van der Waals surface area contributed by atoms with Crippen LogP contribution in [-0.2, 0) is 4.79 Å². The standard InChI is InChI=1S/C17H18N2O2/c1-3-21-15-8-5-14(6-9-15)7-11-17(20)19-16-10-4-13(2)12-18-16/h4-12H,3H2,1-2H3,(H,18,19,20)/b11-7+. The number of benzene rings is 1. The molecule has 4 nitrogen and oxygen atoms in total. The third-order valence-electron chi connectivity index (χ3n) is 2.78. The van der Waals surface area contributed by atoms with Crippen molar-refractivity contribution in [1.82, 2.24) is 4.98 Å². The van der Waals surface area contributed by atoms with Crippen molar-refractivity contribution in [3.05, 3.63) is 59.8 Å². The number of pyridine rings is 1. The Balaban J connectivity index is 1.93. The summed E-state index contributed by atoms with van der Waals surface area (Å²) in [4.78, 5) is 15.9. The Morgan fingerprint density at radius 3 is 2.62 bits per heavy atom. The predicted molar refractivity (Wildman–Crippen MR) is 84.2 cm³/mol. The molecule has 0 fully saturated rings. The summed E-state index contributed by atoms with van der Waals surface area (Å²) in [6, 6.07) is 11.2. The Morgan fingerprint density at radius 1 is 1.24 bits per heavy atom. The van der Waals surface area contributed by atoms with Crippen LogP contribution in [0.4, 0.5) is 5.82 Å². The first-order valence-electron chi connectivity index (χ1n) is 6.82. The molecule has 1 amide bonds. The number of aromatic nitrogens is 1. The topological polar surface area (TPSA) is 51.2 Å². The molecule has 0 bridgehead atoms. The van der Waals surface area contributed by atoms with Crippen LogP contribution in [0.1, 0.15) is 18.1 Å². The van der Waals surface area contributed by atoms with Crippen LogP contribution in [0.5, 0.6) is 5.75 Å². The van der Waals surface area contributed by atoms with E-state index in [1.165, 1.54) is 6.08 Å². The van der Waals surface area contributed by atoms with E-state index < -0.39 is 0 Å². The average molecular weight is 282 g/mol. The fourth-order valence-electron chi connectivity index (χ4n) is 1.72. The summed E-state index contributed by atoms with van der Waals surface area (Å²) < 4.78 is 5.36. The molecule has 0 saturated carbocycles. The number of hydrogen-bond donors (Lipinski definition) is 1. The van der Waals surface area contributed by atoms with Crippen molar-refractivity contribution in [1.29, 1.82) is 0 Å². The number of aryl methyl sites for hydroxylation is 1. The van der Waals surface area contributed by atoms with Crippen molar-refractivity contribution in [2.75, 3.05) is 11.9 Å². The maximum Gasteiger partial charge on any atom is 0.249 e. The normalized spacial score (nSPS) is 10.6. The molecule has 0 saturated heterocycles. The molecule has 1 N–H and O–H groups in total. The zero-order valence-corrected chi connectivity index (χ0v) is 12.2. The number of anilines is 1. The minimum atomic E-state index is -0.208. The van der Waals surface area contributed by atoms with Crippen LogP contribution < -0.4 is 10.1 Å². The van der Waals surface area contributed by atoms with Crippen LogP contribution in [0.2, 0.25) is 0 Å². The molecule has 0 spiro atoms. The molecule has 0 unspecified atom stereocenters. The second-order valence-corrected chi connectivity index (χ2v) is 4.55. The van der Waals surface area contributed by atoms with Gasteiger partial charge < -0.3 is 10.1 Å². The molecular formula is C17H18N2O2. The molecule has 4 heteroatoms. The van der Waals surface area contributed by atoms with Crippen LogP contribution in [0.25, 0.3) is 6.08 Å². The van der Waals surface area contributed by atoms with Gasteiger partial charge in [0.1, 0.15) is 11.6 Å². The maximum atomic E-state index is 11.8. The molecule has 2 rings (SSSR count). The number of nitrogens with one attached hydrogen (secondary N) is 1. The average Bonchev–Trinajstić information content (AvgIpc) is 2.49. The number of ether oxygens (including phenoxy) is 1. The SMILES string of the molecule is CCOc1ccc(/C=C/C(=O)Nc2ccc(C)cn2)cc1. The van der Waals surface area contributed by atoms with E-state index in [1.807, 2.05) is 44.2 Å². The third-order valence-corrected chi connectivity index (χ3v) is 2.78. The number of carbonyl (C=O) groups is 1. The highest BCUT2D eigenvalue weighted by molar-refractivity contribution is 6.01. The van der Waals surface area contributed by atoms with Gasteiger partial charge in [-0.05, 0) is 49.2 Å². The fraction of sp³-hybridized carbons (Fsp3) is 0.176. The van der Waals surface area contributed by atoms with E-state index in [2.05, 4.69) is 10.3 Å². The van der Waals surface area contributed by atoms with Crippen LogP contribution in [-0.4, -0.2) is 17.5 Å². The highest BCUT2D eigenvalue weighted by Gasteiger charge is 1.98. The molecule has 0 radical (unpaired) electrons. The van der Waals surface area contributed by atoms with Gasteiger partial charge in [-0.3, -0.25) is 4.79 Å². The Kier molecular flexibility index (Phi) is 5.10. The van der Waals surface area contributed by atoms with Gasteiger partial charge in [0, 0.05) is 12.3 Å². The summed E-state index contributed by atoms with van der Waals surface area (Å²) >= 11 is 0. The summed E-state index contributed by atoms with van der Waals surface area (Å²) in [5, 5.41) is 2.71. The molecule has 0 aliphatic carbocycles. The summed E-state index contributed by atoms with van der Waals surface area (Å²) in [6.45, 7) is 4.53. The minimum absolute atomic E-state index is 0.208. The van der Waals surface area contributed by atoms with Crippen LogP contribution in [0, 0.1) is 6.92 Å². The van der Waals surface area contributed by atoms with E-state index in [1.54, 1.807) is 18.3 Å². The highest BCUT2D eigenvalue weighted by Crippen LogP contribution is 2.13. The molecule has 0 aliphatic heterocycles.